The topological polar surface area (TPSA) is 15.3 Å². The number of rotatable bonds is 9. The molecule has 3 unspecified atom stereocenters. The Morgan fingerprint density at radius 1 is 0.857 bits per heavy atom. The van der Waals surface area contributed by atoms with Crippen molar-refractivity contribution >= 4 is 0 Å². The summed E-state index contributed by atoms with van der Waals surface area (Å²) in [6.45, 7) is 8.71. The first kappa shape index (κ1) is 15.8. The summed E-state index contributed by atoms with van der Waals surface area (Å²) in [6.07, 6.45) is 13.0. The Morgan fingerprint density at radius 2 is 1.48 bits per heavy atom. The van der Waals surface area contributed by atoms with E-state index in [-0.39, 0.29) is 0 Å². The number of hydrogen-bond donors (Lipinski definition) is 1. The lowest BCUT2D eigenvalue weighted by Gasteiger charge is -2.43. The fourth-order valence-electron chi connectivity index (χ4n) is 4.18. The fourth-order valence-corrected chi connectivity index (χ4v) is 4.18. The third-order valence-corrected chi connectivity index (χ3v) is 6.01. The first-order chi connectivity index (χ1) is 10.3. The second kappa shape index (κ2) is 7.46. The SMILES string of the molecule is CCCNC1CCC(CC)CC1N(CC1CC1)CC1CC1. The Bertz CT molecular complexity index is 295. The van der Waals surface area contributed by atoms with E-state index in [1.54, 1.807) is 0 Å². The van der Waals surface area contributed by atoms with Gasteiger partial charge in [0.1, 0.15) is 0 Å². The molecule has 0 aromatic carbocycles. The van der Waals surface area contributed by atoms with Gasteiger partial charge in [0, 0.05) is 25.2 Å². The van der Waals surface area contributed by atoms with Crippen molar-refractivity contribution in [3.05, 3.63) is 0 Å². The normalized spacial score (nSPS) is 33.6. The van der Waals surface area contributed by atoms with Gasteiger partial charge in [0.2, 0.25) is 0 Å². The van der Waals surface area contributed by atoms with Crippen molar-refractivity contribution in [2.75, 3.05) is 19.6 Å². The average molecular weight is 293 g/mol. The molecule has 0 amide bonds. The van der Waals surface area contributed by atoms with Crippen LogP contribution in [-0.4, -0.2) is 36.6 Å². The molecule has 0 aromatic rings. The van der Waals surface area contributed by atoms with E-state index >= 15 is 0 Å². The van der Waals surface area contributed by atoms with Gasteiger partial charge in [-0.15, -0.1) is 0 Å². The van der Waals surface area contributed by atoms with E-state index in [1.807, 2.05) is 0 Å². The zero-order chi connectivity index (χ0) is 14.7. The van der Waals surface area contributed by atoms with Crippen LogP contribution in [0.15, 0.2) is 0 Å². The highest BCUT2D eigenvalue weighted by atomic mass is 15.2. The van der Waals surface area contributed by atoms with Gasteiger partial charge in [0.15, 0.2) is 0 Å². The van der Waals surface area contributed by atoms with Crippen molar-refractivity contribution in [3.8, 4) is 0 Å². The van der Waals surface area contributed by atoms with Gasteiger partial charge in [0.05, 0.1) is 0 Å². The molecule has 0 aliphatic heterocycles. The lowest BCUT2D eigenvalue weighted by atomic mass is 9.80. The fraction of sp³-hybridized carbons (Fsp3) is 1.00. The molecule has 0 bridgehead atoms. The van der Waals surface area contributed by atoms with Crippen molar-refractivity contribution in [2.24, 2.45) is 17.8 Å². The zero-order valence-corrected chi connectivity index (χ0v) is 14.3. The minimum absolute atomic E-state index is 0.769. The minimum Gasteiger partial charge on any atom is -0.312 e. The van der Waals surface area contributed by atoms with Crippen molar-refractivity contribution in [2.45, 2.75) is 83.7 Å². The molecular weight excluding hydrogens is 256 g/mol. The average Bonchev–Trinajstić information content (AvgIpc) is 3.40. The highest BCUT2D eigenvalue weighted by Crippen LogP contribution is 2.38. The van der Waals surface area contributed by atoms with Crippen LogP contribution in [0.1, 0.15) is 71.6 Å². The molecule has 2 nitrogen and oxygen atoms in total. The molecule has 0 spiro atoms. The lowest BCUT2D eigenvalue weighted by Crippen LogP contribution is -2.54. The molecule has 21 heavy (non-hydrogen) atoms. The van der Waals surface area contributed by atoms with Gasteiger partial charge in [-0.1, -0.05) is 20.3 Å². The van der Waals surface area contributed by atoms with Gasteiger partial charge in [0.25, 0.3) is 0 Å². The highest BCUT2D eigenvalue weighted by molar-refractivity contribution is 4.94. The van der Waals surface area contributed by atoms with Crippen LogP contribution in [-0.2, 0) is 0 Å². The van der Waals surface area contributed by atoms with E-state index in [2.05, 4.69) is 24.1 Å². The molecule has 1 N–H and O–H groups in total. The summed E-state index contributed by atoms with van der Waals surface area (Å²) >= 11 is 0. The Labute approximate surface area is 132 Å². The monoisotopic (exact) mass is 292 g/mol. The first-order valence-electron chi connectivity index (χ1n) is 9.77. The molecule has 3 aliphatic carbocycles. The number of nitrogens with one attached hydrogen (secondary N) is 1. The van der Waals surface area contributed by atoms with E-state index in [0.717, 1.165) is 29.8 Å². The summed E-state index contributed by atoms with van der Waals surface area (Å²) in [7, 11) is 0. The largest absolute Gasteiger partial charge is 0.312 e. The Morgan fingerprint density at radius 3 is 2.00 bits per heavy atom. The van der Waals surface area contributed by atoms with Gasteiger partial charge in [-0.25, -0.2) is 0 Å². The molecular formula is C19H36N2. The summed E-state index contributed by atoms with van der Waals surface area (Å²) in [6, 6.07) is 1.60. The second-order valence-corrected chi connectivity index (χ2v) is 8.06. The third-order valence-electron chi connectivity index (χ3n) is 6.01. The van der Waals surface area contributed by atoms with Crippen LogP contribution < -0.4 is 5.32 Å². The number of hydrogen-bond acceptors (Lipinski definition) is 2. The molecule has 3 fully saturated rings. The van der Waals surface area contributed by atoms with Crippen molar-refractivity contribution in [1.29, 1.82) is 0 Å². The highest BCUT2D eigenvalue weighted by Gasteiger charge is 2.38. The minimum atomic E-state index is 0.769. The molecule has 0 radical (unpaired) electrons. The number of nitrogens with zero attached hydrogens (tertiary/aromatic N) is 1. The molecule has 0 heterocycles. The quantitative estimate of drug-likeness (QED) is 0.689. The van der Waals surface area contributed by atoms with Gasteiger partial charge < -0.3 is 5.32 Å². The molecule has 3 rings (SSSR count). The Hall–Kier alpha value is -0.0800. The Balaban J connectivity index is 1.63. The zero-order valence-electron chi connectivity index (χ0n) is 14.3. The summed E-state index contributed by atoms with van der Waals surface area (Å²) in [5, 5.41) is 3.89. The molecule has 0 saturated heterocycles. The molecule has 122 valence electrons. The van der Waals surface area contributed by atoms with Crippen LogP contribution in [0, 0.1) is 17.8 Å². The van der Waals surface area contributed by atoms with E-state index in [1.165, 1.54) is 77.4 Å². The third kappa shape index (κ3) is 4.69. The van der Waals surface area contributed by atoms with Crippen LogP contribution in [0.3, 0.4) is 0 Å². The van der Waals surface area contributed by atoms with Crippen molar-refractivity contribution < 1.29 is 0 Å². The van der Waals surface area contributed by atoms with E-state index in [0.29, 0.717) is 0 Å². The van der Waals surface area contributed by atoms with Gasteiger partial charge in [-0.3, -0.25) is 4.90 Å². The maximum atomic E-state index is 3.89. The molecule has 0 aromatic heterocycles. The predicted octanol–water partition coefficient (Wildman–Crippen LogP) is 4.06. The first-order valence-corrected chi connectivity index (χ1v) is 9.77. The van der Waals surface area contributed by atoms with Crippen molar-refractivity contribution in [1.82, 2.24) is 10.2 Å². The van der Waals surface area contributed by atoms with Crippen LogP contribution in [0.25, 0.3) is 0 Å². The summed E-state index contributed by atoms with van der Waals surface area (Å²) in [5.74, 6) is 3.06. The van der Waals surface area contributed by atoms with Gasteiger partial charge in [-0.05, 0) is 75.7 Å². The van der Waals surface area contributed by atoms with Crippen LogP contribution in [0.4, 0.5) is 0 Å². The second-order valence-electron chi connectivity index (χ2n) is 8.06. The van der Waals surface area contributed by atoms with Crippen LogP contribution in [0.2, 0.25) is 0 Å². The van der Waals surface area contributed by atoms with Gasteiger partial charge in [-0.2, -0.15) is 0 Å². The maximum absolute atomic E-state index is 3.89. The van der Waals surface area contributed by atoms with Crippen LogP contribution in [0.5, 0.6) is 0 Å². The summed E-state index contributed by atoms with van der Waals surface area (Å²) in [5.41, 5.74) is 0. The van der Waals surface area contributed by atoms with E-state index in [9.17, 15) is 0 Å². The Kier molecular flexibility index (Phi) is 5.61. The van der Waals surface area contributed by atoms with Gasteiger partial charge >= 0.3 is 0 Å². The van der Waals surface area contributed by atoms with E-state index < -0.39 is 0 Å². The van der Waals surface area contributed by atoms with Crippen LogP contribution >= 0.6 is 0 Å². The molecule has 3 atom stereocenters. The molecule has 3 aliphatic rings. The predicted molar refractivity (Wildman–Crippen MR) is 90.5 cm³/mol. The lowest BCUT2D eigenvalue weighted by molar-refractivity contribution is 0.0867. The van der Waals surface area contributed by atoms with E-state index in [4.69, 9.17) is 0 Å². The molecule has 3 saturated carbocycles. The maximum Gasteiger partial charge on any atom is 0.0252 e. The summed E-state index contributed by atoms with van der Waals surface area (Å²) < 4.78 is 0. The standard InChI is InChI=1S/C19H36N2/c1-3-11-20-18-10-9-15(4-2)12-19(18)21(13-16-5-6-16)14-17-7-8-17/h15-20H,3-14H2,1-2H3. The smallest absolute Gasteiger partial charge is 0.0252 e. The van der Waals surface area contributed by atoms with Crippen molar-refractivity contribution in [3.63, 3.8) is 0 Å². The molecule has 2 heteroatoms. The summed E-state index contributed by atoms with van der Waals surface area (Å²) in [4.78, 5) is 2.94.